The van der Waals surface area contributed by atoms with Crippen molar-refractivity contribution in [3.05, 3.63) is 17.0 Å². The van der Waals surface area contributed by atoms with Gasteiger partial charge in [-0.05, 0) is 32.9 Å². The first-order valence-electron chi connectivity index (χ1n) is 6.24. The van der Waals surface area contributed by atoms with Crippen molar-refractivity contribution in [1.29, 1.82) is 0 Å². The Morgan fingerprint density at radius 2 is 2.18 bits per heavy atom. The number of nitrogens with one attached hydrogen (secondary N) is 1. The second-order valence-corrected chi connectivity index (χ2v) is 4.80. The van der Waals surface area contributed by atoms with E-state index in [-0.39, 0.29) is 5.91 Å². The van der Waals surface area contributed by atoms with Gasteiger partial charge in [0, 0.05) is 19.0 Å². The number of aromatic nitrogens is 1. The van der Waals surface area contributed by atoms with Crippen LogP contribution in [0.15, 0.2) is 4.52 Å². The zero-order valence-corrected chi connectivity index (χ0v) is 10.0. The number of carbonyl (C=O) groups excluding carboxylic acids is 1. The van der Waals surface area contributed by atoms with Gasteiger partial charge < -0.3 is 14.7 Å². The first kappa shape index (κ1) is 10.8. The SMILES string of the molecule is Cc1noc2c1C(=O)N(C1CCNCC1)CC2. The summed E-state index contributed by atoms with van der Waals surface area (Å²) in [6, 6.07) is 0.381. The number of fused-ring (bicyclic) bond motifs is 1. The Hall–Kier alpha value is -1.36. The van der Waals surface area contributed by atoms with Crippen LogP contribution in [0.25, 0.3) is 0 Å². The van der Waals surface area contributed by atoms with Crippen molar-refractivity contribution < 1.29 is 9.32 Å². The maximum Gasteiger partial charge on any atom is 0.259 e. The van der Waals surface area contributed by atoms with Gasteiger partial charge in [-0.25, -0.2) is 0 Å². The molecule has 0 spiro atoms. The molecule has 0 aromatic carbocycles. The minimum absolute atomic E-state index is 0.108. The molecule has 1 amide bonds. The van der Waals surface area contributed by atoms with Gasteiger partial charge in [-0.2, -0.15) is 0 Å². The maximum absolute atomic E-state index is 12.4. The topological polar surface area (TPSA) is 58.4 Å². The minimum Gasteiger partial charge on any atom is -0.360 e. The fraction of sp³-hybridized carbons (Fsp3) is 0.667. The van der Waals surface area contributed by atoms with Gasteiger partial charge in [-0.15, -0.1) is 0 Å². The Kier molecular flexibility index (Phi) is 2.63. The third-order valence-electron chi connectivity index (χ3n) is 3.74. The van der Waals surface area contributed by atoms with E-state index in [1.54, 1.807) is 0 Å². The van der Waals surface area contributed by atoms with Crippen LogP contribution in [0.5, 0.6) is 0 Å². The van der Waals surface area contributed by atoms with Crippen LogP contribution in [-0.4, -0.2) is 41.6 Å². The molecular formula is C12H17N3O2. The number of rotatable bonds is 1. The van der Waals surface area contributed by atoms with Crippen LogP contribution < -0.4 is 5.32 Å². The van der Waals surface area contributed by atoms with Gasteiger partial charge >= 0.3 is 0 Å². The highest BCUT2D eigenvalue weighted by molar-refractivity contribution is 5.97. The number of carbonyl (C=O) groups is 1. The van der Waals surface area contributed by atoms with E-state index in [1.165, 1.54) is 0 Å². The molecule has 0 saturated carbocycles. The van der Waals surface area contributed by atoms with Crippen molar-refractivity contribution in [2.75, 3.05) is 19.6 Å². The van der Waals surface area contributed by atoms with E-state index >= 15 is 0 Å². The van der Waals surface area contributed by atoms with Crippen molar-refractivity contribution in [1.82, 2.24) is 15.4 Å². The lowest BCUT2D eigenvalue weighted by molar-refractivity contribution is 0.0613. The van der Waals surface area contributed by atoms with Crippen molar-refractivity contribution in [3.8, 4) is 0 Å². The molecule has 5 nitrogen and oxygen atoms in total. The van der Waals surface area contributed by atoms with Gasteiger partial charge in [0.2, 0.25) is 0 Å². The van der Waals surface area contributed by atoms with Crippen molar-refractivity contribution >= 4 is 5.91 Å². The Bertz CT molecular complexity index is 435. The van der Waals surface area contributed by atoms with Gasteiger partial charge in [0.15, 0.2) is 5.76 Å². The van der Waals surface area contributed by atoms with Crippen LogP contribution in [0, 0.1) is 6.92 Å². The highest BCUT2D eigenvalue weighted by atomic mass is 16.5. The Balaban J connectivity index is 1.85. The summed E-state index contributed by atoms with van der Waals surface area (Å²) in [6.07, 6.45) is 2.89. The summed E-state index contributed by atoms with van der Waals surface area (Å²) in [7, 11) is 0. The molecule has 5 heteroatoms. The highest BCUT2D eigenvalue weighted by Gasteiger charge is 2.34. The molecule has 0 radical (unpaired) electrons. The van der Waals surface area contributed by atoms with Crippen LogP contribution in [0.3, 0.4) is 0 Å². The smallest absolute Gasteiger partial charge is 0.259 e. The van der Waals surface area contributed by atoms with Crippen molar-refractivity contribution in [2.45, 2.75) is 32.2 Å². The number of piperidine rings is 1. The summed E-state index contributed by atoms with van der Waals surface area (Å²) in [5.41, 5.74) is 1.43. The number of aryl methyl sites for hydroxylation is 1. The lowest BCUT2D eigenvalue weighted by Gasteiger charge is -2.36. The molecule has 2 aliphatic rings. The monoisotopic (exact) mass is 235 g/mol. The summed E-state index contributed by atoms with van der Waals surface area (Å²) < 4.78 is 5.18. The van der Waals surface area contributed by atoms with Crippen LogP contribution in [-0.2, 0) is 6.42 Å². The van der Waals surface area contributed by atoms with Gasteiger partial charge in [-0.1, -0.05) is 5.16 Å². The van der Waals surface area contributed by atoms with Crippen molar-refractivity contribution in [2.24, 2.45) is 0 Å². The van der Waals surface area contributed by atoms with E-state index in [9.17, 15) is 4.79 Å². The summed E-state index contributed by atoms with van der Waals surface area (Å²) in [4.78, 5) is 14.4. The molecule has 0 aliphatic carbocycles. The second kappa shape index (κ2) is 4.14. The summed E-state index contributed by atoms with van der Waals surface area (Å²) in [5.74, 6) is 0.870. The van der Waals surface area contributed by atoms with E-state index in [2.05, 4.69) is 10.5 Å². The Morgan fingerprint density at radius 1 is 1.41 bits per heavy atom. The first-order valence-corrected chi connectivity index (χ1v) is 6.24. The molecule has 1 aromatic heterocycles. The number of hydrogen-bond donors (Lipinski definition) is 1. The maximum atomic E-state index is 12.4. The van der Waals surface area contributed by atoms with E-state index < -0.39 is 0 Å². The molecule has 0 bridgehead atoms. The van der Waals surface area contributed by atoms with Crippen LogP contribution >= 0.6 is 0 Å². The normalized spacial score (nSPS) is 21.7. The van der Waals surface area contributed by atoms with E-state index in [1.807, 2.05) is 11.8 Å². The summed E-state index contributed by atoms with van der Waals surface area (Å²) >= 11 is 0. The molecule has 1 aromatic rings. The average molecular weight is 235 g/mol. The molecule has 1 N–H and O–H groups in total. The average Bonchev–Trinajstić information content (AvgIpc) is 2.73. The number of nitrogens with zero attached hydrogens (tertiary/aromatic N) is 2. The van der Waals surface area contributed by atoms with Crippen molar-refractivity contribution in [3.63, 3.8) is 0 Å². The molecule has 0 atom stereocenters. The van der Waals surface area contributed by atoms with Crippen LogP contribution in [0.1, 0.15) is 34.7 Å². The van der Waals surface area contributed by atoms with Gasteiger partial charge in [-0.3, -0.25) is 4.79 Å². The van der Waals surface area contributed by atoms with Gasteiger partial charge in [0.25, 0.3) is 5.91 Å². The lowest BCUT2D eigenvalue weighted by Crippen LogP contribution is -2.48. The zero-order valence-electron chi connectivity index (χ0n) is 10.0. The Morgan fingerprint density at radius 3 is 2.94 bits per heavy atom. The Labute approximate surface area is 100 Å². The molecule has 2 aliphatic heterocycles. The first-order chi connectivity index (χ1) is 8.27. The quantitative estimate of drug-likeness (QED) is 0.779. The fourth-order valence-corrected chi connectivity index (χ4v) is 2.80. The molecule has 1 saturated heterocycles. The third-order valence-corrected chi connectivity index (χ3v) is 3.74. The van der Waals surface area contributed by atoms with Gasteiger partial charge in [0.05, 0.1) is 5.69 Å². The summed E-state index contributed by atoms with van der Waals surface area (Å²) in [5, 5.41) is 7.22. The summed E-state index contributed by atoms with van der Waals surface area (Å²) in [6.45, 7) is 4.62. The molecule has 0 unspecified atom stereocenters. The zero-order chi connectivity index (χ0) is 11.8. The largest absolute Gasteiger partial charge is 0.360 e. The van der Waals surface area contributed by atoms with Crippen LogP contribution in [0.4, 0.5) is 0 Å². The third kappa shape index (κ3) is 1.74. The minimum atomic E-state index is 0.108. The molecule has 3 heterocycles. The molecule has 3 rings (SSSR count). The molecular weight excluding hydrogens is 218 g/mol. The van der Waals surface area contributed by atoms with E-state index in [0.717, 1.165) is 50.4 Å². The highest BCUT2D eigenvalue weighted by Crippen LogP contribution is 2.25. The standard InChI is InChI=1S/C12H17N3O2/c1-8-11-10(17-14-8)4-7-15(12(11)16)9-2-5-13-6-3-9/h9,13H,2-7H2,1H3. The fourth-order valence-electron chi connectivity index (χ4n) is 2.80. The van der Waals surface area contributed by atoms with E-state index in [4.69, 9.17) is 4.52 Å². The molecule has 17 heavy (non-hydrogen) atoms. The molecule has 1 fully saturated rings. The van der Waals surface area contributed by atoms with Gasteiger partial charge in [0.1, 0.15) is 5.56 Å². The number of amides is 1. The lowest BCUT2D eigenvalue weighted by atomic mass is 9.99. The predicted molar refractivity (Wildman–Crippen MR) is 61.9 cm³/mol. The van der Waals surface area contributed by atoms with E-state index in [0.29, 0.717) is 11.6 Å². The molecule has 92 valence electrons. The van der Waals surface area contributed by atoms with Crippen LogP contribution in [0.2, 0.25) is 0 Å². The number of hydrogen-bond acceptors (Lipinski definition) is 4. The predicted octanol–water partition coefficient (Wildman–Crippen LogP) is 0.733. The second-order valence-electron chi connectivity index (χ2n) is 4.80.